The van der Waals surface area contributed by atoms with Crippen molar-refractivity contribution >= 4 is 5.91 Å². The van der Waals surface area contributed by atoms with Crippen LogP contribution in [-0.2, 0) is 16.1 Å². The third-order valence-corrected chi connectivity index (χ3v) is 5.02. The van der Waals surface area contributed by atoms with E-state index >= 15 is 0 Å². The molecule has 3 heterocycles. The lowest BCUT2D eigenvalue weighted by atomic mass is 10.1. The molecular formula is C19H25N5O3. The Bertz CT molecular complexity index is 762. The first-order valence-corrected chi connectivity index (χ1v) is 9.42. The number of benzene rings is 1. The van der Waals surface area contributed by atoms with Crippen LogP contribution >= 0.6 is 0 Å². The summed E-state index contributed by atoms with van der Waals surface area (Å²) >= 11 is 0. The van der Waals surface area contributed by atoms with Crippen LogP contribution in [0.2, 0.25) is 0 Å². The van der Waals surface area contributed by atoms with Gasteiger partial charge in [0.2, 0.25) is 11.7 Å². The predicted molar refractivity (Wildman–Crippen MR) is 98.9 cm³/mol. The van der Waals surface area contributed by atoms with Gasteiger partial charge in [-0.15, -0.1) is 0 Å². The lowest BCUT2D eigenvalue weighted by Gasteiger charge is -2.36. The van der Waals surface area contributed by atoms with E-state index in [-0.39, 0.29) is 12.0 Å². The van der Waals surface area contributed by atoms with Gasteiger partial charge in [0.25, 0.3) is 5.91 Å². The molecule has 1 amide bonds. The Morgan fingerprint density at radius 3 is 2.70 bits per heavy atom. The number of rotatable bonds is 4. The summed E-state index contributed by atoms with van der Waals surface area (Å²) < 4.78 is 11.0. The molecule has 4 rings (SSSR count). The molecule has 0 bridgehead atoms. The van der Waals surface area contributed by atoms with Crippen molar-refractivity contribution in [1.29, 1.82) is 0 Å². The first-order valence-electron chi connectivity index (χ1n) is 9.42. The zero-order chi connectivity index (χ0) is 18.6. The summed E-state index contributed by atoms with van der Waals surface area (Å²) in [6, 6.07) is 8.06. The molecule has 2 fully saturated rings. The predicted octanol–water partition coefficient (Wildman–Crippen LogP) is 0.678. The van der Waals surface area contributed by atoms with Crippen LogP contribution in [0, 0.1) is 6.92 Å². The van der Waals surface area contributed by atoms with Gasteiger partial charge in [-0.3, -0.25) is 9.69 Å². The Kier molecular flexibility index (Phi) is 5.47. The van der Waals surface area contributed by atoms with Crippen molar-refractivity contribution in [3.63, 3.8) is 0 Å². The van der Waals surface area contributed by atoms with Crippen LogP contribution < -0.4 is 5.32 Å². The van der Waals surface area contributed by atoms with Crippen LogP contribution in [-0.4, -0.2) is 77.8 Å². The maximum Gasteiger partial charge on any atom is 0.253 e. The third-order valence-electron chi connectivity index (χ3n) is 5.02. The van der Waals surface area contributed by atoms with E-state index in [1.165, 1.54) is 5.56 Å². The molecule has 1 unspecified atom stereocenters. The Balaban J connectivity index is 1.29. The Labute approximate surface area is 158 Å². The number of nitrogens with zero attached hydrogens (tertiary/aromatic N) is 4. The standard InChI is InChI=1S/C19H25N5O3/c1-14-2-4-15(5-3-14)18-21-17(27-22-18)13-23-7-9-24(10-8-23)19(25)16-12-20-6-11-26-16/h2-5,16,20H,6-13H2,1H3. The van der Waals surface area contributed by atoms with Crippen LogP contribution in [0.5, 0.6) is 0 Å². The summed E-state index contributed by atoms with van der Waals surface area (Å²) in [6.07, 6.45) is -0.349. The van der Waals surface area contributed by atoms with E-state index in [4.69, 9.17) is 9.26 Å². The van der Waals surface area contributed by atoms with Crippen LogP contribution in [0.3, 0.4) is 0 Å². The van der Waals surface area contributed by atoms with Crippen molar-refractivity contribution in [3.05, 3.63) is 35.7 Å². The number of amides is 1. The number of aromatic nitrogens is 2. The largest absolute Gasteiger partial charge is 0.366 e. The number of hydrogen-bond acceptors (Lipinski definition) is 7. The number of hydrogen-bond donors (Lipinski definition) is 1. The van der Waals surface area contributed by atoms with Crippen LogP contribution in [0.1, 0.15) is 11.5 Å². The van der Waals surface area contributed by atoms with Gasteiger partial charge in [-0.25, -0.2) is 0 Å². The molecule has 27 heavy (non-hydrogen) atoms. The highest BCUT2D eigenvalue weighted by Crippen LogP contribution is 2.17. The van der Waals surface area contributed by atoms with E-state index in [1.807, 2.05) is 36.1 Å². The zero-order valence-electron chi connectivity index (χ0n) is 15.6. The number of aryl methyl sites for hydroxylation is 1. The monoisotopic (exact) mass is 371 g/mol. The molecule has 8 nitrogen and oxygen atoms in total. The second kappa shape index (κ2) is 8.16. The van der Waals surface area contributed by atoms with E-state index in [1.54, 1.807) is 0 Å². The second-order valence-electron chi connectivity index (χ2n) is 7.04. The highest BCUT2D eigenvalue weighted by atomic mass is 16.5. The van der Waals surface area contributed by atoms with Gasteiger partial charge >= 0.3 is 0 Å². The molecule has 2 saturated heterocycles. The second-order valence-corrected chi connectivity index (χ2v) is 7.04. The van der Waals surface area contributed by atoms with E-state index in [9.17, 15) is 4.79 Å². The molecule has 144 valence electrons. The van der Waals surface area contributed by atoms with Crippen molar-refractivity contribution in [1.82, 2.24) is 25.3 Å². The highest BCUT2D eigenvalue weighted by Gasteiger charge is 2.29. The van der Waals surface area contributed by atoms with Gasteiger partial charge in [-0.2, -0.15) is 4.98 Å². The molecule has 1 aromatic carbocycles. The fraction of sp³-hybridized carbons (Fsp3) is 0.526. The van der Waals surface area contributed by atoms with E-state index < -0.39 is 0 Å². The molecule has 2 aliphatic heterocycles. The van der Waals surface area contributed by atoms with Gasteiger partial charge in [-0.05, 0) is 6.92 Å². The molecule has 0 spiro atoms. The molecule has 2 aliphatic rings. The first kappa shape index (κ1) is 18.1. The summed E-state index contributed by atoms with van der Waals surface area (Å²) in [5, 5.41) is 7.29. The number of nitrogens with one attached hydrogen (secondary N) is 1. The molecule has 1 atom stereocenters. The van der Waals surface area contributed by atoms with Gasteiger partial charge in [0.15, 0.2) is 0 Å². The fourth-order valence-electron chi connectivity index (χ4n) is 3.38. The van der Waals surface area contributed by atoms with Gasteiger partial charge in [-0.1, -0.05) is 35.0 Å². The summed E-state index contributed by atoms with van der Waals surface area (Å²) in [7, 11) is 0. The Morgan fingerprint density at radius 2 is 2.00 bits per heavy atom. The minimum Gasteiger partial charge on any atom is -0.366 e. The fourth-order valence-corrected chi connectivity index (χ4v) is 3.38. The molecule has 1 N–H and O–H groups in total. The molecular weight excluding hydrogens is 346 g/mol. The number of carbonyl (C=O) groups is 1. The number of piperazine rings is 1. The summed E-state index contributed by atoms with van der Waals surface area (Å²) in [5.41, 5.74) is 2.15. The van der Waals surface area contributed by atoms with E-state index in [0.29, 0.717) is 44.5 Å². The normalized spacial score (nSPS) is 21.4. The van der Waals surface area contributed by atoms with Crippen molar-refractivity contribution in [2.24, 2.45) is 0 Å². The minimum absolute atomic E-state index is 0.0845. The molecule has 8 heteroatoms. The Hall–Kier alpha value is -2.29. The summed E-state index contributed by atoms with van der Waals surface area (Å²) in [5.74, 6) is 1.30. The molecule has 1 aromatic heterocycles. The molecule has 2 aromatic rings. The lowest BCUT2D eigenvalue weighted by molar-refractivity contribution is -0.147. The molecule has 0 radical (unpaired) electrons. The topological polar surface area (TPSA) is 83.7 Å². The molecule has 0 saturated carbocycles. The Morgan fingerprint density at radius 1 is 1.22 bits per heavy atom. The van der Waals surface area contributed by atoms with Crippen molar-refractivity contribution in [3.8, 4) is 11.4 Å². The zero-order valence-corrected chi connectivity index (χ0v) is 15.6. The lowest BCUT2D eigenvalue weighted by Crippen LogP contribution is -2.54. The SMILES string of the molecule is Cc1ccc(-c2noc(CN3CCN(C(=O)C4CNCCO4)CC3)n2)cc1. The molecule has 0 aliphatic carbocycles. The van der Waals surface area contributed by atoms with E-state index in [0.717, 1.165) is 25.2 Å². The van der Waals surface area contributed by atoms with Crippen LogP contribution in [0.15, 0.2) is 28.8 Å². The van der Waals surface area contributed by atoms with Gasteiger partial charge in [0.05, 0.1) is 13.2 Å². The van der Waals surface area contributed by atoms with Gasteiger partial charge < -0.3 is 19.5 Å². The summed E-state index contributed by atoms with van der Waals surface area (Å²) in [6.45, 7) is 7.61. The van der Waals surface area contributed by atoms with Gasteiger partial charge in [0.1, 0.15) is 6.10 Å². The maximum absolute atomic E-state index is 12.5. The first-order chi connectivity index (χ1) is 13.2. The van der Waals surface area contributed by atoms with Crippen molar-refractivity contribution in [2.45, 2.75) is 19.6 Å². The third kappa shape index (κ3) is 4.35. The summed E-state index contributed by atoms with van der Waals surface area (Å²) in [4.78, 5) is 21.1. The van der Waals surface area contributed by atoms with E-state index in [2.05, 4.69) is 20.4 Å². The van der Waals surface area contributed by atoms with Crippen molar-refractivity contribution < 1.29 is 14.1 Å². The van der Waals surface area contributed by atoms with Gasteiger partial charge in [0, 0.05) is 44.8 Å². The average Bonchev–Trinajstić information content (AvgIpc) is 3.18. The number of ether oxygens (including phenoxy) is 1. The highest BCUT2D eigenvalue weighted by molar-refractivity contribution is 5.81. The average molecular weight is 371 g/mol. The number of carbonyl (C=O) groups excluding carboxylic acids is 1. The van der Waals surface area contributed by atoms with Crippen molar-refractivity contribution in [2.75, 3.05) is 45.9 Å². The quantitative estimate of drug-likeness (QED) is 0.846. The smallest absolute Gasteiger partial charge is 0.253 e. The van der Waals surface area contributed by atoms with Crippen LogP contribution in [0.25, 0.3) is 11.4 Å². The minimum atomic E-state index is -0.349. The van der Waals surface area contributed by atoms with Crippen LogP contribution in [0.4, 0.5) is 0 Å². The maximum atomic E-state index is 12.5. The number of morpholine rings is 1.